The molecule has 0 radical (unpaired) electrons. The summed E-state index contributed by atoms with van der Waals surface area (Å²) in [6.07, 6.45) is 6.11. The molecule has 0 spiro atoms. The Kier molecular flexibility index (Phi) is 4.93. The molecule has 94 valence electrons. The second-order valence-electron chi connectivity index (χ2n) is 4.70. The van der Waals surface area contributed by atoms with Crippen molar-refractivity contribution in [2.24, 2.45) is 5.41 Å². The summed E-state index contributed by atoms with van der Waals surface area (Å²) < 4.78 is 0. The molecule has 0 amide bonds. The van der Waals surface area contributed by atoms with Gasteiger partial charge in [0, 0.05) is 18.8 Å². The fourth-order valence-corrected chi connectivity index (χ4v) is 2.24. The van der Waals surface area contributed by atoms with Crippen LogP contribution in [0.4, 0.5) is 0 Å². The maximum absolute atomic E-state index is 9.50. The van der Waals surface area contributed by atoms with Gasteiger partial charge >= 0.3 is 0 Å². The zero-order valence-corrected chi connectivity index (χ0v) is 11.1. The van der Waals surface area contributed by atoms with Crippen molar-refractivity contribution in [2.45, 2.75) is 25.7 Å². The van der Waals surface area contributed by atoms with Crippen molar-refractivity contribution in [1.82, 2.24) is 0 Å². The summed E-state index contributed by atoms with van der Waals surface area (Å²) >= 11 is 0. The third-order valence-electron chi connectivity index (χ3n) is 3.10. The second kappa shape index (κ2) is 6.44. The van der Waals surface area contributed by atoms with Crippen LogP contribution in [0.3, 0.4) is 0 Å². The number of terminal acetylenes is 1. The van der Waals surface area contributed by atoms with Gasteiger partial charge in [0.1, 0.15) is 0 Å². The maximum Gasteiger partial charge on any atom is 0.155 e. The number of hydrogen-bond donors (Lipinski definition) is 0. The standard InChI is InChI=1S/C17H16N2/c1-4-8-16(15-9-6-5-7-10-15)17(12-18,13-19)11-14(2)3/h1,5-7,9-10,16H,2,8,11H2,3H3. The highest BCUT2D eigenvalue weighted by Gasteiger charge is 2.40. The van der Waals surface area contributed by atoms with E-state index < -0.39 is 5.41 Å². The van der Waals surface area contributed by atoms with E-state index in [4.69, 9.17) is 6.42 Å². The highest BCUT2D eigenvalue weighted by molar-refractivity contribution is 5.33. The lowest BCUT2D eigenvalue weighted by atomic mass is 9.69. The van der Waals surface area contributed by atoms with Crippen molar-refractivity contribution in [2.75, 3.05) is 0 Å². The van der Waals surface area contributed by atoms with Gasteiger partial charge in [-0.05, 0) is 12.5 Å². The largest absolute Gasteiger partial charge is 0.197 e. The van der Waals surface area contributed by atoms with Gasteiger partial charge in [-0.3, -0.25) is 0 Å². The zero-order chi connectivity index (χ0) is 14.3. The molecule has 0 heterocycles. The smallest absolute Gasteiger partial charge is 0.155 e. The normalized spacial score (nSPS) is 11.7. The third-order valence-corrected chi connectivity index (χ3v) is 3.10. The molecule has 1 atom stereocenters. The molecule has 1 aromatic rings. The Labute approximate surface area is 115 Å². The topological polar surface area (TPSA) is 47.6 Å². The summed E-state index contributed by atoms with van der Waals surface area (Å²) in [4.78, 5) is 0. The van der Waals surface area contributed by atoms with Crippen LogP contribution >= 0.6 is 0 Å². The van der Waals surface area contributed by atoms with Gasteiger partial charge < -0.3 is 0 Å². The Bertz CT molecular complexity index is 550. The maximum atomic E-state index is 9.50. The van der Waals surface area contributed by atoms with Gasteiger partial charge in [-0.25, -0.2) is 0 Å². The van der Waals surface area contributed by atoms with Gasteiger partial charge in [0.25, 0.3) is 0 Å². The quantitative estimate of drug-likeness (QED) is 0.588. The number of hydrogen-bond acceptors (Lipinski definition) is 2. The average Bonchev–Trinajstić information content (AvgIpc) is 2.43. The number of allylic oxidation sites excluding steroid dienone is 1. The Morgan fingerprint density at radius 1 is 1.32 bits per heavy atom. The van der Waals surface area contributed by atoms with Crippen LogP contribution in [-0.4, -0.2) is 0 Å². The molecule has 19 heavy (non-hydrogen) atoms. The molecule has 0 aromatic heterocycles. The first-order valence-electron chi connectivity index (χ1n) is 6.05. The molecule has 0 fully saturated rings. The summed E-state index contributed by atoms with van der Waals surface area (Å²) in [6.45, 7) is 5.64. The van der Waals surface area contributed by atoms with Crippen molar-refractivity contribution >= 4 is 0 Å². The van der Waals surface area contributed by atoms with Crippen LogP contribution < -0.4 is 0 Å². The molecule has 2 heteroatoms. The summed E-state index contributed by atoms with van der Waals surface area (Å²) in [6, 6.07) is 13.8. The molecule has 0 bridgehead atoms. The van der Waals surface area contributed by atoms with E-state index >= 15 is 0 Å². The van der Waals surface area contributed by atoms with Crippen molar-refractivity contribution < 1.29 is 0 Å². The summed E-state index contributed by atoms with van der Waals surface area (Å²) in [5.74, 6) is 2.28. The van der Waals surface area contributed by atoms with Gasteiger partial charge in [-0.15, -0.1) is 18.9 Å². The van der Waals surface area contributed by atoms with Gasteiger partial charge in [0.2, 0.25) is 0 Å². The molecule has 0 N–H and O–H groups in total. The minimum Gasteiger partial charge on any atom is -0.197 e. The molecular formula is C17H16N2. The lowest BCUT2D eigenvalue weighted by molar-refractivity contribution is 0.410. The van der Waals surface area contributed by atoms with Crippen LogP contribution in [0.25, 0.3) is 0 Å². The number of nitrogens with zero attached hydrogens (tertiary/aromatic N) is 2. The van der Waals surface area contributed by atoms with E-state index in [1.807, 2.05) is 37.3 Å². The summed E-state index contributed by atoms with van der Waals surface area (Å²) in [5, 5.41) is 19.0. The van der Waals surface area contributed by atoms with Crippen molar-refractivity contribution in [3.63, 3.8) is 0 Å². The zero-order valence-electron chi connectivity index (χ0n) is 11.1. The molecule has 0 aliphatic heterocycles. The van der Waals surface area contributed by atoms with Crippen LogP contribution in [0.1, 0.15) is 31.2 Å². The Balaban J connectivity index is 3.31. The number of benzene rings is 1. The number of nitriles is 2. The highest BCUT2D eigenvalue weighted by Crippen LogP contribution is 2.42. The monoisotopic (exact) mass is 248 g/mol. The first kappa shape index (κ1) is 14.6. The first-order chi connectivity index (χ1) is 9.09. The van der Waals surface area contributed by atoms with E-state index in [-0.39, 0.29) is 5.92 Å². The lowest BCUT2D eigenvalue weighted by Gasteiger charge is -2.28. The molecule has 1 unspecified atom stereocenters. The second-order valence-corrected chi connectivity index (χ2v) is 4.70. The molecule has 0 saturated carbocycles. The van der Waals surface area contributed by atoms with Crippen molar-refractivity contribution in [1.29, 1.82) is 10.5 Å². The minimum atomic E-state index is -1.15. The van der Waals surface area contributed by atoms with Crippen LogP contribution in [0, 0.1) is 40.4 Å². The first-order valence-corrected chi connectivity index (χ1v) is 6.05. The Hall–Kier alpha value is -2.50. The van der Waals surface area contributed by atoms with Crippen molar-refractivity contribution in [3.8, 4) is 24.5 Å². The van der Waals surface area contributed by atoms with Crippen LogP contribution in [0.2, 0.25) is 0 Å². The predicted molar refractivity (Wildman–Crippen MR) is 75.7 cm³/mol. The predicted octanol–water partition coefficient (Wildman–Crippen LogP) is 3.79. The van der Waals surface area contributed by atoms with Crippen molar-refractivity contribution in [3.05, 3.63) is 48.0 Å². The number of rotatable bonds is 5. The third kappa shape index (κ3) is 3.25. The molecule has 1 aromatic carbocycles. The van der Waals surface area contributed by atoms with Gasteiger partial charge in [0.05, 0.1) is 12.1 Å². The molecule has 1 rings (SSSR count). The van der Waals surface area contributed by atoms with Gasteiger partial charge in [0.15, 0.2) is 5.41 Å². The van der Waals surface area contributed by atoms with E-state index in [0.29, 0.717) is 12.8 Å². The highest BCUT2D eigenvalue weighted by atomic mass is 14.5. The van der Waals surface area contributed by atoms with E-state index in [1.165, 1.54) is 0 Å². The van der Waals surface area contributed by atoms with E-state index in [0.717, 1.165) is 11.1 Å². The molecule has 0 saturated heterocycles. The fourth-order valence-electron chi connectivity index (χ4n) is 2.24. The molecule has 2 nitrogen and oxygen atoms in total. The van der Waals surface area contributed by atoms with Gasteiger partial charge in [-0.2, -0.15) is 10.5 Å². The SMILES string of the molecule is C#CCC(c1ccccc1)C(C#N)(C#N)CC(=C)C. The molecular weight excluding hydrogens is 232 g/mol. The average molecular weight is 248 g/mol. The van der Waals surface area contributed by atoms with E-state index in [2.05, 4.69) is 24.6 Å². The van der Waals surface area contributed by atoms with Gasteiger partial charge in [-0.1, -0.05) is 35.9 Å². The van der Waals surface area contributed by atoms with E-state index in [9.17, 15) is 10.5 Å². The van der Waals surface area contributed by atoms with Crippen LogP contribution in [0.15, 0.2) is 42.5 Å². The molecule has 0 aliphatic carbocycles. The summed E-state index contributed by atoms with van der Waals surface area (Å²) in [5.41, 5.74) is 0.574. The van der Waals surface area contributed by atoms with Crippen LogP contribution in [-0.2, 0) is 0 Å². The Morgan fingerprint density at radius 2 is 1.89 bits per heavy atom. The lowest BCUT2D eigenvalue weighted by Crippen LogP contribution is -2.26. The van der Waals surface area contributed by atoms with Crippen LogP contribution in [0.5, 0.6) is 0 Å². The molecule has 0 aliphatic rings. The van der Waals surface area contributed by atoms with E-state index in [1.54, 1.807) is 0 Å². The fraction of sp³-hybridized carbons (Fsp3) is 0.294. The minimum absolute atomic E-state index is 0.301. The summed E-state index contributed by atoms with van der Waals surface area (Å²) in [7, 11) is 0. The Morgan fingerprint density at radius 3 is 2.32 bits per heavy atom.